The number of aromatic nitrogens is 2. The van der Waals surface area contributed by atoms with Crippen molar-refractivity contribution < 1.29 is 18.7 Å². The molecule has 0 N–H and O–H groups in total. The minimum atomic E-state index is -0.232. The standard InChI is InChI=1S/C35H35FN4O3/c1-24-17-33(27-5-4-6-28(36)18-27)39(21-24)29-15-16-40-34(19-29)32(20-37-40)35(41)38(22-25-7-11-30(42-2)12-8-25)23-26-9-13-31(43-3)14-10-26/h4-16,18-20,24,33H,17,21-23H2,1-3H3/t24-,33-/m1/s1. The molecule has 0 bridgehead atoms. The van der Waals surface area contributed by atoms with Crippen LogP contribution >= 0.6 is 0 Å². The van der Waals surface area contributed by atoms with E-state index in [0.29, 0.717) is 24.6 Å². The van der Waals surface area contributed by atoms with Crippen LogP contribution in [-0.2, 0) is 13.1 Å². The number of pyridine rings is 1. The van der Waals surface area contributed by atoms with Crippen molar-refractivity contribution in [2.45, 2.75) is 32.5 Å². The first kappa shape index (κ1) is 28.3. The van der Waals surface area contributed by atoms with Crippen molar-refractivity contribution in [2.75, 3.05) is 25.7 Å². The first-order chi connectivity index (χ1) is 20.9. The van der Waals surface area contributed by atoms with Gasteiger partial charge >= 0.3 is 0 Å². The van der Waals surface area contributed by atoms with Crippen molar-refractivity contribution in [1.29, 1.82) is 0 Å². The van der Waals surface area contributed by atoms with Gasteiger partial charge in [0.1, 0.15) is 17.3 Å². The maximum Gasteiger partial charge on any atom is 0.258 e. The molecule has 6 rings (SSSR count). The van der Waals surface area contributed by atoms with Crippen LogP contribution in [0.2, 0.25) is 0 Å². The number of hydrogen-bond donors (Lipinski definition) is 0. The first-order valence-electron chi connectivity index (χ1n) is 14.5. The van der Waals surface area contributed by atoms with Crippen molar-refractivity contribution in [3.63, 3.8) is 0 Å². The monoisotopic (exact) mass is 578 g/mol. The van der Waals surface area contributed by atoms with Gasteiger partial charge in [-0.15, -0.1) is 0 Å². The zero-order valence-electron chi connectivity index (χ0n) is 24.6. The van der Waals surface area contributed by atoms with E-state index in [4.69, 9.17) is 9.47 Å². The van der Waals surface area contributed by atoms with E-state index < -0.39 is 0 Å². The SMILES string of the molecule is COc1ccc(CN(Cc2ccc(OC)cc2)C(=O)c2cnn3ccc(N4C[C@H](C)C[C@@H]4c4cccc(F)c4)cc23)cc1. The van der Waals surface area contributed by atoms with Gasteiger partial charge in [-0.05, 0) is 77.6 Å². The fourth-order valence-electron chi connectivity index (χ4n) is 5.95. The van der Waals surface area contributed by atoms with Crippen LogP contribution in [0, 0.1) is 11.7 Å². The van der Waals surface area contributed by atoms with E-state index in [-0.39, 0.29) is 17.8 Å². The molecular weight excluding hydrogens is 543 g/mol. The molecule has 0 aliphatic carbocycles. The molecule has 0 saturated carbocycles. The van der Waals surface area contributed by atoms with Crippen LogP contribution in [0.1, 0.15) is 46.4 Å². The number of fused-ring (bicyclic) bond motifs is 1. The maximum absolute atomic E-state index is 14.3. The molecule has 8 heteroatoms. The number of carbonyl (C=O) groups excluding carboxylic acids is 1. The van der Waals surface area contributed by atoms with Gasteiger partial charge in [-0.3, -0.25) is 4.79 Å². The van der Waals surface area contributed by atoms with Crippen molar-refractivity contribution in [3.8, 4) is 11.5 Å². The highest BCUT2D eigenvalue weighted by atomic mass is 19.1. The van der Waals surface area contributed by atoms with E-state index in [1.165, 1.54) is 6.07 Å². The summed E-state index contributed by atoms with van der Waals surface area (Å²) in [7, 11) is 3.27. The minimum absolute atomic E-state index is 0.0527. The number of anilines is 1. The average molecular weight is 579 g/mol. The fourth-order valence-corrected chi connectivity index (χ4v) is 5.95. The molecule has 43 heavy (non-hydrogen) atoms. The van der Waals surface area contributed by atoms with Gasteiger partial charge in [-0.1, -0.05) is 43.3 Å². The van der Waals surface area contributed by atoms with Gasteiger partial charge in [0.2, 0.25) is 0 Å². The molecule has 1 aliphatic heterocycles. The Hall–Kier alpha value is -4.85. The van der Waals surface area contributed by atoms with Crippen molar-refractivity contribution >= 4 is 17.1 Å². The molecule has 2 aromatic heterocycles. The normalized spacial score (nSPS) is 16.4. The highest BCUT2D eigenvalue weighted by Gasteiger charge is 2.32. The molecule has 0 spiro atoms. The summed E-state index contributed by atoms with van der Waals surface area (Å²) in [5.41, 5.74) is 5.18. The molecule has 220 valence electrons. The fraction of sp³-hybridized carbons (Fsp3) is 0.257. The Morgan fingerprint density at radius 1 is 0.930 bits per heavy atom. The lowest BCUT2D eigenvalue weighted by Gasteiger charge is -2.27. The molecule has 1 amide bonds. The Kier molecular flexibility index (Phi) is 8.01. The lowest BCUT2D eigenvalue weighted by Crippen LogP contribution is -2.30. The zero-order valence-corrected chi connectivity index (χ0v) is 24.6. The molecule has 2 atom stereocenters. The highest BCUT2D eigenvalue weighted by molar-refractivity contribution is 6.01. The quantitative estimate of drug-likeness (QED) is 0.190. The second-order valence-corrected chi connectivity index (χ2v) is 11.2. The lowest BCUT2D eigenvalue weighted by atomic mass is 10.0. The summed E-state index contributed by atoms with van der Waals surface area (Å²) in [5, 5.41) is 4.52. The minimum Gasteiger partial charge on any atom is -0.497 e. The van der Waals surface area contributed by atoms with Gasteiger partial charge in [0, 0.05) is 31.5 Å². The number of nitrogens with zero attached hydrogens (tertiary/aromatic N) is 4. The number of benzene rings is 3. The lowest BCUT2D eigenvalue weighted by molar-refractivity contribution is 0.0732. The molecule has 1 saturated heterocycles. The predicted molar refractivity (Wildman–Crippen MR) is 165 cm³/mol. The maximum atomic E-state index is 14.3. The molecule has 5 aromatic rings. The Bertz CT molecular complexity index is 1670. The van der Waals surface area contributed by atoms with E-state index in [2.05, 4.69) is 16.9 Å². The van der Waals surface area contributed by atoms with Gasteiger partial charge in [-0.25, -0.2) is 8.91 Å². The summed E-state index contributed by atoms with van der Waals surface area (Å²) < 4.78 is 26.5. The van der Waals surface area contributed by atoms with Crippen LogP contribution < -0.4 is 14.4 Å². The van der Waals surface area contributed by atoms with Gasteiger partial charge < -0.3 is 19.3 Å². The number of halogens is 1. The Morgan fingerprint density at radius 2 is 1.58 bits per heavy atom. The smallest absolute Gasteiger partial charge is 0.258 e. The topological polar surface area (TPSA) is 59.3 Å². The van der Waals surface area contributed by atoms with Crippen molar-refractivity contribution in [3.05, 3.63) is 125 Å². The molecular formula is C35H35FN4O3. The summed E-state index contributed by atoms with van der Waals surface area (Å²) in [6.45, 7) is 3.89. The third-order valence-corrected chi connectivity index (χ3v) is 8.16. The molecule has 0 radical (unpaired) electrons. The zero-order chi connectivity index (χ0) is 29.9. The summed E-state index contributed by atoms with van der Waals surface area (Å²) in [6.07, 6.45) is 4.47. The third kappa shape index (κ3) is 6.04. The number of rotatable bonds is 9. The van der Waals surface area contributed by atoms with E-state index in [9.17, 15) is 9.18 Å². The largest absolute Gasteiger partial charge is 0.497 e. The second kappa shape index (κ2) is 12.2. The van der Waals surface area contributed by atoms with Crippen LogP contribution in [0.25, 0.3) is 5.52 Å². The highest BCUT2D eigenvalue weighted by Crippen LogP contribution is 2.39. The van der Waals surface area contributed by atoms with E-state index >= 15 is 0 Å². The first-order valence-corrected chi connectivity index (χ1v) is 14.5. The Balaban J connectivity index is 1.33. The van der Waals surface area contributed by atoms with Crippen LogP contribution in [-0.4, -0.2) is 41.2 Å². The number of amides is 1. The molecule has 1 fully saturated rings. The van der Waals surface area contributed by atoms with Crippen molar-refractivity contribution in [2.24, 2.45) is 5.92 Å². The summed E-state index contributed by atoms with van der Waals surface area (Å²) >= 11 is 0. The molecule has 0 unspecified atom stereocenters. The van der Waals surface area contributed by atoms with E-state index in [1.807, 2.05) is 77.8 Å². The number of hydrogen-bond acceptors (Lipinski definition) is 5. The van der Waals surface area contributed by atoms with Crippen LogP contribution in [0.5, 0.6) is 11.5 Å². The predicted octanol–water partition coefficient (Wildman–Crippen LogP) is 6.92. The van der Waals surface area contributed by atoms with Gasteiger partial charge in [-0.2, -0.15) is 5.10 Å². The average Bonchev–Trinajstić information content (AvgIpc) is 3.64. The number of ether oxygens (including phenoxy) is 2. The van der Waals surface area contributed by atoms with Crippen LogP contribution in [0.4, 0.5) is 10.1 Å². The third-order valence-electron chi connectivity index (χ3n) is 8.16. The summed E-state index contributed by atoms with van der Waals surface area (Å²) in [4.78, 5) is 18.4. The van der Waals surface area contributed by atoms with Crippen molar-refractivity contribution in [1.82, 2.24) is 14.5 Å². The van der Waals surface area contributed by atoms with Crippen LogP contribution in [0.15, 0.2) is 97.3 Å². The molecule has 7 nitrogen and oxygen atoms in total. The Labute approximate surface area is 251 Å². The van der Waals surface area contributed by atoms with Gasteiger partial charge in [0.05, 0.1) is 37.5 Å². The summed E-state index contributed by atoms with van der Waals surface area (Å²) in [5.74, 6) is 1.62. The van der Waals surface area contributed by atoms with E-state index in [1.54, 1.807) is 37.1 Å². The second-order valence-electron chi connectivity index (χ2n) is 11.2. The number of carbonyl (C=O) groups is 1. The summed E-state index contributed by atoms with van der Waals surface area (Å²) in [6, 6.07) is 26.5. The molecule has 3 aromatic carbocycles. The Morgan fingerprint density at radius 3 is 2.19 bits per heavy atom. The molecule has 1 aliphatic rings. The molecule has 3 heterocycles. The van der Waals surface area contributed by atoms with Gasteiger partial charge in [0.25, 0.3) is 5.91 Å². The van der Waals surface area contributed by atoms with E-state index in [0.717, 1.165) is 52.4 Å². The van der Waals surface area contributed by atoms with Crippen LogP contribution in [0.3, 0.4) is 0 Å². The van der Waals surface area contributed by atoms with Gasteiger partial charge in [0.15, 0.2) is 0 Å². The number of methoxy groups -OCH3 is 2.